The highest BCUT2D eigenvalue weighted by Gasteiger charge is 2.32. The molecule has 0 heterocycles. The summed E-state index contributed by atoms with van der Waals surface area (Å²) in [4.78, 5) is 28.1. The molecular formula is C25H34ClN3O4S. The lowest BCUT2D eigenvalue weighted by molar-refractivity contribution is -0.140. The van der Waals surface area contributed by atoms with Crippen molar-refractivity contribution in [2.45, 2.75) is 59.7 Å². The van der Waals surface area contributed by atoms with E-state index in [1.165, 1.54) is 11.0 Å². The lowest BCUT2D eigenvalue weighted by atomic mass is 10.1. The molecule has 0 aromatic heterocycles. The van der Waals surface area contributed by atoms with Crippen molar-refractivity contribution in [3.05, 3.63) is 64.2 Å². The molecule has 0 radical (unpaired) electrons. The lowest BCUT2D eigenvalue weighted by Crippen LogP contribution is -2.53. The molecule has 2 rings (SSSR count). The van der Waals surface area contributed by atoms with Crippen LogP contribution in [-0.2, 0) is 26.2 Å². The first kappa shape index (κ1) is 27.7. The van der Waals surface area contributed by atoms with Gasteiger partial charge in [0.25, 0.3) is 0 Å². The first-order valence-corrected chi connectivity index (χ1v) is 13.4. The van der Waals surface area contributed by atoms with Crippen LogP contribution in [0.2, 0.25) is 5.02 Å². The standard InChI is InChI=1S/C25H34ClN3O4S/c1-7-22(25(31)27-17(2)3)28(15-20-11-8-18(4)9-12-20)24(30)16-29(34(6,32)33)23-14-21(26)13-10-19(23)5/h8-14,17,22H,7,15-16H2,1-6H3,(H,27,31)/t22-/m0/s1. The van der Waals surface area contributed by atoms with Crippen LogP contribution in [0.1, 0.15) is 43.9 Å². The van der Waals surface area contributed by atoms with E-state index in [2.05, 4.69) is 5.32 Å². The summed E-state index contributed by atoms with van der Waals surface area (Å²) in [5.74, 6) is -0.751. The number of nitrogens with one attached hydrogen (secondary N) is 1. The third-order valence-corrected chi connectivity index (χ3v) is 6.77. The highest BCUT2D eigenvalue weighted by molar-refractivity contribution is 7.92. The summed E-state index contributed by atoms with van der Waals surface area (Å²) in [6, 6.07) is 11.7. The van der Waals surface area contributed by atoms with Gasteiger partial charge in [0.1, 0.15) is 12.6 Å². The van der Waals surface area contributed by atoms with Crippen molar-refractivity contribution in [1.29, 1.82) is 0 Å². The smallest absolute Gasteiger partial charge is 0.244 e. The van der Waals surface area contributed by atoms with Crippen molar-refractivity contribution in [2.75, 3.05) is 17.1 Å². The van der Waals surface area contributed by atoms with E-state index >= 15 is 0 Å². The minimum atomic E-state index is -3.81. The molecule has 0 saturated carbocycles. The first-order valence-electron chi connectivity index (χ1n) is 11.2. The van der Waals surface area contributed by atoms with Gasteiger partial charge in [-0.15, -0.1) is 0 Å². The first-order chi connectivity index (χ1) is 15.8. The minimum Gasteiger partial charge on any atom is -0.352 e. The molecule has 0 aliphatic rings. The number of rotatable bonds is 10. The van der Waals surface area contributed by atoms with E-state index in [9.17, 15) is 18.0 Å². The minimum absolute atomic E-state index is 0.0977. The molecule has 1 atom stereocenters. The molecule has 0 aliphatic heterocycles. The molecule has 0 fully saturated rings. The maximum absolute atomic E-state index is 13.6. The van der Waals surface area contributed by atoms with Gasteiger partial charge in [0.15, 0.2) is 0 Å². The molecule has 0 bridgehead atoms. The van der Waals surface area contributed by atoms with Crippen molar-refractivity contribution in [3.8, 4) is 0 Å². The van der Waals surface area contributed by atoms with Gasteiger partial charge in [0, 0.05) is 17.6 Å². The second-order valence-corrected chi connectivity index (χ2v) is 11.1. The molecule has 0 saturated heterocycles. The molecular weight excluding hydrogens is 474 g/mol. The van der Waals surface area contributed by atoms with Gasteiger partial charge in [0.05, 0.1) is 11.9 Å². The molecule has 9 heteroatoms. The van der Waals surface area contributed by atoms with Crippen molar-refractivity contribution in [2.24, 2.45) is 0 Å². The monoisotopic (exact) mass is 507 g/mol. The maximum Gasteiger partial charge on any atom is 0.244 e. The number of aryl methyl sites for hydroxylation is 2. The third-order valence-electron chi connectivity index (χ3n) is 5.41. The molecule has 2 aromatic rings. The van der Waals surface area contributed by atoms with E-state index in [0.29, 0.717) is 22.7 Å². The second-order valence-electron chi connectivity index (χ2n) is 8.80. The number of benzene rings is 2. The van der Waals surface area contributed by atoms with Crippen LogP contribution in [0.5, 0.6) is 0 Å². The topological polar surface area (TPSA) is 86.8 Å². The van der Waals surface area contributed by atoms with Crippen LogP contribution in [0.25, 0.3) is 0 Å². The van der Waals surface area contributed by atoms with Gasteiger partial charge in [0.2, 0.25) is 21.8 Å². The number of halogens is 1. The zero-order valence-corrected chi connectivity index (χ0v) is 22.2. The molecule has 7 nitrogen and oxygen atoms in total. The Labute approximate surface area is 208 Å². The van der Waals surface area contributed by atoms with E-state index < -0.39 is 28.5 Å². The average Bonchev–Trinajstić information content (AvgIpc) is 2.73. The molecule has 186 valence electrons. The molecule has 0 unspecified atom stereocenters. The fourth-order valence-electron chi connectivity index (χ4n) is 3.64. The van der Waals surface area contributed by atoms with Crippen molar-refractivity contribution in [3.63, 3.8) is 0 Å². The Hall–Kier alpha value is -2.58. The maximum atomic E-state index is 13.6. The van der Waals surface area contributed by atoms with Gasteiger partial charge in [-0.25, -0.2) is 8.42 Å². The molecule has 0 spiro atoms. The van der Waals surface area contributed by atoms with Crippen LogP contribution < -0.4 is 9.62 Å². The predicted molar refractivity (Wildman–Crippen MR) is 137 cm³/mol. The van der Waals surface area contributed by atoms with Gasteiger partial charge >= 0.3 is 0 Å². The second kappa shape index (κ2) is 11.7. The highest BCUT2D eigenvalue weighted by atomic mass is 35.5. The number of sulfonamides is 1. The molecule has 2 aromatic carbocycles. The Morgan fingerprint density at radius 2 is 1.68 bits per heavy atom. The van der Waals surface area contributed by atoms with E-state index in [-0.39, 0.29) is 18.5 Å². The predicted octanol–water partition coefficient (Wildman–Crippen LogP) is 4.05. The summed E-state index contributed by atoms with van der Waals surface area (Å²) in [6.45, 7) is 8.98. The van der Waals surface area contributed by atoms with Crippen molar-refractivity contribution >= 4 is 39.1 Å². The highest BCUT2D eigenvalue weighted by Crippen LogP contribution is 2.27. The average molecular weight is 508 g/mol. The van der Waals surface area contributed by atoms with Gasteiger partial charge in [-0.3, -0.25) is 13.9 Å². The number of hydrogen-bond acceptors (Lipinski definition) is 4. The largest absolute Gasteiger partial charge is 0.352 e. The SMILES string of the molecule is CC[C@@H](C(=O)NC(C)C)N(Cc1ccc(C)cc1)C(=O)CN(c1cc(Cl)ccc1C)S(C)(=O)=O. The van der Waals surface area contributed by atoms with Crippen LogP contribution in [0.3, 0.4) is 0 Å². The quantitative estimate of drug-likeness (QED) is 0.525. The molecule has 0 aliphatic carbocycles. The summed E-state index contributed by atoms with van der Waals surface area (Å²) < 4.78 is 26.4. The fraction of sp³-hybridized carbons (Fsp3) is 0.440. The zero-order valence-electron chi connectivity index (χ0n) is 20.6. The van der Waals surface area contributed by atoms with Gasteiger partial charge in [-0.1, -0.05) is 54.4 Å². The Balaban J connectivity index is 2.48. The lowest BCUT2D eigenvalue weighted by Gasteiger charge is -2.33. The van der Waals surface area contributed by atoms with Gasteiger partial charge in [-0.05, 0) is 57.4 Å². The Kier molecular flexibility index (Phi) is 9.53. The van der Waals surface area contributed by atoms with E-state index in [1.54, 1.807) is 19.1 Å². The van der Waals surface area contributed by atoms with Gasteiger partial charge in [-0.2, -0.15) is 0 Å². The van der Waals surface area contributed by atoms with Crippen LogP contribution in [0, 0.1) is 13.8 Å². The summed E-state index contributed by atoms with van der Waals surface area (Å²) in [7, 11) is -3.81. The third kappa shape index (κ3) is 7.46. The van der Waals surface area contributed by atoms with E-state index in [0.717, 1.165) is 21.7 Å². The van der Waals surface area contributed by atoms with Crippen LogP contribution in [0.4, 0.5) is 5.69 Å². The normalized spacial score (nSPS) is 12.4. The van der Waals surface area contributed by atoms with Gasteiger partial charge < -0.3 is 10.2 Å². The Morgan fingerprint density at radius 1 is 1.06 bits per heavy atom. The Morgan fingerprint density at radius 3 is 2.21 bits per heavy atom. The van der Waals surface area contributed by atoms with Crippen LogP contribution in [-0.4, -0.2) is 50.0 Å². The number of carbonyl (C=O) groups is 2. The summed E-state index contributed by atoms with van der Waals surface area (Å²) in [6.07, 6.45) is 1.43. The number of hydrogen-bond donors (Lipinski definition) is 1. The summed E-state index contributed by atoms with van der Waals surface area (Å²) in [5.41, 5.74) is 2.92. The summed E-state index contributed by atoms with van der Waals surface area (Å²) >= 11 is 6.12. The van der Waals surface area contributed by atoms with E-state index in [4.69, 9.17) is 11.6 Å². The molecule has 34 heavy (non-hydrogen) atoms. The molecule has 1 N–H and O–H groups in total. The number of nitrogens with zero attached hydrogens (tertiary/aromatic N) is 2. The Bertz CT molecular complexity index is 1120. The zero-order chi connectivity index (χ0) is 25.6. The summed E-state index contributed by atoms with van der Waals surface area (Å²) in [5, 5.41) is 3.24. The van der Waals surface area contributed by atoms with Crippen molar-refractivity contribution < 1.29 is 18.0 Å². The van der Waals surface area contributed by atoms with E-state index in [1.807, 2.05) is 52.0 Å². The number of carbonyl (C=O) groups excluding carboxylic acids is 2. The number of anilines is 1. The number of amides is 2. The van der Waals surface area contributed by atoms with Crippen LogP contribution in [0.15, 0.2) is 42.5 Å². The fourth-order valence-corrected chi connectivity index (χ4v) is 4.70. The van der Waals surface area contributed by atoms with Crippen molar-refractivity contribution in [1.82, 2.24) is 10.2 Å². The molecule has 2 amide bonds. The van der Waals surface area contributed by atoms with Crippen LogP contribution >= 0.6 is 11.6 Å².